The molecule has 1 atom stereocenters. The van der Waals surface area contributed by atoms with Crippen molar-refractivity contribution in [2.75, 3.05) is 19.8 Å². The molecule has 7 heteroatoms. The summed E-state index contributed by atoms with van der Waals surface area (Å²) in [5.41, 5.74) is 0. The molecule has 1 unspecified atom stereocenters. The van der Waals surface area contributed by atoms with Crippen molar-refractivity contribution in [3.63, 3.8) is 0 Å². The number of hydrogen-bond donors (Lipinski definition) is 2. The Bertz CT molecular complexity index is 273. The number of carboxylic acids is 1. The number of aliphatic carboxylic acids is 1. The van der Waals surface area contributed by atoms with Crippen molar-refractivity contribution >= 4 is 17.8 Å². The average molecular weight is 217 g/mol. The topological polar surface area (TPSA) is 104 Å². The fourth-order valence-electron chi connectivity index (χ4n) is 1.14. The summed E-state index contributed by atoms with van der Waals surface area (Å²) in [7, 11) is 0. The molecule has 1 aliphatic rings. The highest BCUT2D eigenvalue weighted by molar-refractivity contribution is 5.98. The summed E-state index contributed by atoms with van der Waals surface area (Å²) in [5.74, 6) is -2.39. The van der Waals surface area contributed by atoms with Gasteiger partial charge in [0.2, 0.25) is 0 Å². The number of ether oxygens (including phenoxy) is 1. The maximum absolute atomic E-state index is 11.1. The lowest BCUT2D eigenvalue weighted by atomic mass is 10.2. The summed E-state index contributed by atoms with van der Waals surface area (Å²) in [6.45, 7) is -0.474. The SMILES string of the molecule is O=C(O)C(O)CCN1C(=O)COCC1=O. The van der Waals surface area contributed by atoms with E-state index < -0.39 is 23.9 Å². The Morgan fingerprint density at radius 1 is 1.40 bits per heavy atom. The van der Waals surface area contributed by atoms with Gasteiger partial charge in [-0.2, -0.15) is 0 Å². The van der Waals surface area contributed by atoms with Gasteiger partial charge in [0.05, 0.1) is 0 Å². The first kappa shape index (κ1) is 11.6. The van der Waals surface area contributed by atoms with E-state index in [0.29, 0.717) is 0 Å². The summed E-state index contributed by atoms with van der Waals surface area (Å²) in [6, 6.07) is 0. The number of aliphatic hydroxyl groups is 1. The molecule has 7 nitrogen and oxygen atoms in total. The van der Waals surface area contributed by atoms with E-state index in [1.165, 1.54) is 0 Å². The second kappa shape index (κ2) is 4.85. The Morgan fingerprint density at radius 2 is 1.93 bits per heavy atom. The van der Waals surface area contributed by atoms with Gasteiger partial charge in [-0.3, -0.25) is 14.5 Å². The van der Waals surface area contributed by atoms with Gasteiger partial charge in [-0.1, -0.05) is 0 Å². The van der Waals surface area contributed by atoms with Crippen molar-refractivity contribution < 1.29 is 29.3 Å². The van der Waals surface area contributed by atoms with Crippen LogP contribution >= 0.6 is 0 Å². The second-order valence-corrected chi connectivity index (χ2v) is 3.07. The molecule has 0 aromatic carbocycles. The van der Waals surface area contributed by atoms with E-state index in [1.54, 1.807) is 0 Å². The van der Waals surface area contributed by atoms with Crippen molar-refractivity contribution in [2.24, 2.45) is 0 Å². The molecule has 0 aromatic rings. The number of hydrogen-bond acceptors (Lipinski definition) is 5. The molecule has 15 heavy (non-hydrogen) atoms. The van der Waals surface area contributed by atoms with Crippen LogP contribution < -0.4 is 0 Å². The van der Waals surface area contributed by atoms with Gasteiger partial charge in [0.25, 0.3) is 11.8 Å². The Balaban J connectivity index is 2.45. The normalized spacial score (nSPS) is 19.1. The molecule has 0 spiro atoms. The third-order valence-electron chi connectivity index (χ3n) is 1.96. The molecule has 0 saturated carbocycles. The Hall–Kier alpha value is -1.47. The minimum Gasteiger partial charge on any atom is -0.479 e. The highest BCUT2D eigenvalue weighted by atomic mass is 16.5. The Labute approximate surface area is 85.2 Å². The van der Waals surface area contributed by atoms with Crippen molar-refractivity contribution in [1.82, 2.24) is 4.90 Å². The molecule has 1 fully saturated rings. The lowest BCUT2D eigenvalue weighted by Gasteiger charge is -2.25. The number of amides is 2. The summed E-state index contributed by atoms with van der Waals surface area (Å²) >= 11 is 0. The predicted molar refractivity (Wildman–Crippen MR) is 45.8 cm³/mol. The number of imide groups is 1. The highest BCUT2D eigenvalue weighted by Crippen LogP contribution is 2.03. The lowest BCUT2D eigenvalue weighted by Crippen LogP contribution is -2.47. The van der Waals surface area contributed by atoms with Gasteiger partial charge < -0.3 is 14.9 Å². The number of carboxylic acid groups (broad SMARTS) is 1. The van der Waals surface area contributed by atoms with Crippen molar-refractivity contribution in [3.05, 3.63) is 0 Å². The first-order valence-electron chi connectivity index (χ1n) is 4.34. The Morgan fingerprint density at radius 3 is 2.40 bits per heavy atom. The molecule has 0 aliphatic carbocycles. The third kappa shape index (κ3) is 3.00. The van der Waals surface area contributed by atoms with Gasteiger partial charge in [0, 0.05) is 13.0 Å². The summed E-state index contributed by atoms with van der Waals surface area (Å²) in [4.78, 5) is 33.4. The molecular weight excluding hydrogens is 206 g/mol. The van der Waals surface area contributed by atoms with Crippen LogP contribution in [0.4, 0.5) is 0 Å². The number of rotatable bonds is 4. The lowest BCUT2D eigenvalue weighted by molar-refractivity contribution is -0.160. The van der Waals surface area contributed by atoms with E-state index >= 15 is 0 Å². The predicted octanol–water partition coefficient (Wildman–Crippen LogP) is -1.79. The monoisotopic (exact) mass is 217 g/mol. The summed E-state index contributed by atoms with van der Waals surface area (Å²) in [5, 5.41) is 17.3. The van der Waals surface area contributed by atoms with Crippen LogP contribution in [0.25, 0.3) is 0 Å². The zero-order valence-corrected chi connectivity index (χ0v) is 7.88. The van der Waals surface area contributed by atoms with Gasteiger partial charge in [-0.15, -0.1) is 0 Å². The maximum atomic E-state index is 11.1. The highest BCUT2D eigenvalue weighted by Gasteiger charge is 2.27. The molecule has 1 rings (SSSR count). The zero-order chi connectivity index (χ0) is 11.4. The molecule has 2 amide bonds. The van der Waals surface area contributed by atoms with Gasteiger partial charge >= 0.3 is 5.97 Å². The van der Waals surface area contributed by atoms with Crippen LogP contribution in [0.2, 0.25) is 0 Å². The number of nitrogens with zero attached hydrogens (tertiary/aromatic N) is 1. The fourth-order valence-corrected chi connectivity index (χ4v) is 1.14. The van der Waals surface area contributed by atoms with Crippen LogP contribution in [0.5, 0.6) is 0 Å². The van der Waals surface area contributed by atoms with Crippen LogP contribution in [0, 0.1) is 0 Å². The quantitative estimate of drug-likeness (QED) is 0.539. The van der Waals surface area contributed by atoms with E-state index in [0.717, 1.165) is 4.90 Å². The van der Waals surface area contributed by atoms with Gasteiger partial charge in [-0.25, -0.2) is 4.79 Å². The zero-order valence-electron chi connectivity index (χ0n) is 7.88. The first-order valence-corrected chi connectivity index (χ1v) is 4.34. The smallest absolute Gasteiger partial charge is 0.332 e. The van der Waals surface area contributed by atoms with Crippen LogP contribution in [0.15, 0.2) is 0 Å². The molecule has 84 valence electrons. The molecule has 1 aliphatic heterocycles. The largest absolute Gasteiger partial charge is 0.479 e. The number of carbonyl (C=O) groups is 3. The first-order chi connectivity index (χ1) is 7.02. The Kier molecular flexibility index (Phi) is 3.75. The molecule has 0 aromatic heterocycles. The number of carbonyl (C=O) groups excluding carboxylic acids is 2. The van der Waals surface area contributed by atoms with E-state index in [9.17, 15) is 14.4 Å². The summed E-state index contributed by atoms with van der Waals surface area (Å²) < 4.78 is 4.66. The van der Waals surface area contributed by atoms with E-state index in [4.69, 9.17) is 10.2 Å². The third-order valence-corrected chi connectivity index (χ3v) is 1.96. The van der Waals surface area contributed by atoms with Crippen LogP contribution in [0.3, 0.4) is 0 Å². The van der Waals surface area contributed by atoms with Crippen molar-refractivity contribution in [1.29, 1.82) is 0 Å². The molecule has 1 saturated heterocycles. The van der Waals surface area contributed by atoms with E-state index in [2.05, 4.69) is 4.74 Å². The van der Waals surface area contributed by atoms with Crippen LogP contribution in [-0.4, -0.2) is 58.8 Å². The van der Waals surface area contributed by atoms with Gasteiger partial charge in [-0.05, 0) is 0 Å². The molecule has 2 N–H and O–H groups in total. The average Bonchev–Trinajstić information content (AvgIpc) is 2.16. The number of morpholine rings is 1. The van der Waals surface area contributed by atoms with Crippen molar-refractivity contribution in [3.8, 4) is 0 Å². The summed E-state index contributed by atoms with van der Waals surface area (Å²) in [6.07, 6.45) is -1.74. The minimum absolute atomic E-state index is 0.103. The van der Waals surface area contributed by atoms with Gasteiger partial charge in [0.15, 0.2) is 6.10 Å². The van der Waals surface area contributed by atoms with Gasteiger partial charge in [0.1, 0.15) is 13.2 Å². The fraction of sp³-hybridized carbons (Fsp3) is 0.625. The van der Waals surface area contributed by atoms with Crippen LogP contribution in [-0.2, 0) is 19.1 Å². The molecule has 0 radical (unpaired) electrons. The van der Waals surface area contributed by atoms with Crippen molar-refractivity contribution in [2.45, 2.75) is 12.5 Å². The van der Waals surface area contributed by atoms with E-state index in [1.807, 2.05) is 0 Å². The van der Waals surface area contributed by atoms with E-state index in [-0.39, 0.29) is 26.2 Å². The second-order valence-electron chi connectivity index (χ2n) is 3.07. The minimum atomic E-state index is -1.56. The molecule has 1 heterocycles. The maximum Gasteiger partial charge on any atom is 0.332 e. The standard InChI is InChI=1S/C8H11NO6/c10-5(8(13)14)1-2-9-6(11)3-15-4-7(9)12/h5,10H,1-4H2,(H,13,14). The molecular formula is C8H11NO6. The number of aliphatic hydroxyl groups excluding tert-OH is 1. The molecule has 0 bridgehead atoms. The van der Waals surface area contributed by atoms with Crippen LogP contribution in [0.1, 0.15) is 6.42 Å².